The number of hydrogen-bond acceptors (Lipinski definition) is 7. The van der Waals surface area contributed by atoms with Crippen LogP contribution in [0.5, 0.6) is 17.2 Å². The number of nitrogens with one attached hydrogen (secondary N) is 1. The molecule has 1 aliphatic rings. The van der Waals surface area contributed by atoms with Gasteiger partial charge in [-0.25, -0.2) is 0 Å². The maximum absolute atomic E-state index is 12.3. The Bertz CT molecular complexity index is 925. The lowest BCUT2D eigenvalue weighted by Crippen LogP contribution is -2.35. The van der Waals surface area contributed by atoms with Gasteiger partial charge < -0.3 is 23.9 Å². The molecule has 1 amide bonds. The SMILES string of the molecule is C[C@H](Oc1ccc(-c2nnco2)cc1)C(=O)NCc1ccc2c(c1)OCO2. The van der Waals surface area contributed by atoms with Crippen LogP contribution in [-0.2, 0) is 11.3 Å². The Hall–Kier alpha value is -3.55. The molecular formula is C19H17N3O5. The third-order valence-electron chi connectivity index (χ3n) is 4.05. The largest absolute Gasteiger partial charge is 0.481 e. The van der Waals surface area contributed by atoms with Gasteiger partial charge in [0.15, 0.2) is 17.6 Å². The first-order valence-corrected chi connectivity index (χ1v) is 8.38. The summed E-state index contributed by atoms with van der Waals surface area (Å²) >= 11 is 0. The van der Waals surface area contributed by atoms with Crippen molar-refractivity contribution in [3.8, 4) is 28.7 Å². The lowest BCUT2D eigenvalue weighted by molar-refractivity contribution is -0.127. The summed E-state index contributed by atoms with van der Waals surface area (Å²) in [7, 11) is 0. The van der Waals surface area contributed by atoms with Gasteiger partial charge in [-0.05, 0) is 48.9 Å². The number of ether oxygens (including phenoxy) is 3. The van der Waals surface area contributed by atoms with E-state index in [1.165, 1.54) is 6.39 Å². The second-order valence-corrected chi connectivity index (χ2v) is 5.93. The topological polar surface area (TPSA) is 95.7 Å². The van der Waals surface area contributed by atoms with Crippen LogP contribution in [0.25, 0.3) is 11.5 Å². The van der Waals surface area contributed by atoms with Crippen LogP contribution in [0, 0.1) is 0 Å². The van der Waals surface area contributed by atoms with Gasteiger partial charge in [0, 0.05) is 12.1 Å². The van der Waals surface area contributed by atoms with E-state index in [-0.39, 0.29) is 12.7 Å². The molecule has 0 saturated heterocycles. The van der Waals surface area contributed by atoms with Crippen LogP contribution in [0.15, 0.2) is 53.3 Å². The Morgan fingerprint density at radius 1 is 1.19 bits per heavy atom. The lowest BCUT2D eigenvalue weighted by atomic mass is 10.2. The normalized spacial score (nSPS) is 13.2. The first-order valence-electron chi connectivity index (χ1n) is 8.38. The summed E-state index contributed by atoms with van der Waals surface area (Å²) in [5.41, 5.74) is 1.70. The quantitative estimate of drug-likeness (QED) is 0.715. The number of amides is 1. The average molecular weight is 367 g/mol. The number of fused-ring (bicyclic) bond motifs is 1. The third kappa shape index (κ3) is 3.84. The average Bonchev–Trinajstić information content (AvgIpc) is 3.38. The zero-order chi connectivity index (χ0) is 18.6. The van der Waals surface area contributed by atoms with E-state index in [0.717, 1.165) is 11.1 Å². The molecule has 0 unspecified atom stereocenters. The molecule has 2 heterocycles. The zero-order valence-electron chi connectivity index (χ0n) is 14.5. The summed E-state index contributed by atoms with van der Waals surface area (Å²) in [6.07, 6.45) is 0.625. The second-order valence-electron chi connectivity index (χ2n) is 5.93. The van der Waals surface area contributed by atoms with Crippen LogP contribution < -0.4 is 19.5 Å². The molecule has 2 aromatic carbocycles. The molecule has 0 fully saturated rings. The highest BCUT2D eigenvalue weighted by Crippen LogP contribution is 2.32. The Morgan fingerprint density at radius 3 is 2.78 bits per heavy atom. The van der Waals surface area contributed by atoms with Crippen molar-refractivity contribution >= 4 is 5.91 Å². The molecule has 0 saturated carbocycles. The van der Waals surface area contributed by atoms with Crippen LogP contribution in [0.3, 0.4) is 0 Å². The monoisotopic (exact) mass is 367 g/mol. The summed E-state index contributed by atoms with van der Waals surface area (Å²) in [6, 6.07) is 12.6. The van der Waals surface area contributed by atoms with E-state index >= 15 is 0 Å². The summed E-state index contributed by atoms with van der Waals surface area (Å²) in [5, 5.41) is 10.3. The number of carbonyl (C=O) groups excluding carboxylic acids is 1. The van der Waals surface area contributed by atoms with Crippen LogP contribution in [0.4, 0.5) is 0 Å². The molecule has 0 aliphatic carbocycles. The number of aromatic nitrogens is 2. The fourth-order valence-electron chi connectivity index (χ4n) is 2.62. The van der Waals surface area contributed by atoms with Gasteiger partial charge in [0.1, 0.15) is 5.75 Å². The maximum atomic E-state index is 12.3. The molecular weight excluding hydrogens is 350 g/mol. The fraction of sp³-hybridized carbons (Fsp3) is 0.211. The Labute approximate surface area is 155 Å². The third-order valence-corrected chi connectivity index (χ3v) is 4.05. The Balaban J connectivity index is 1.31. The second kappa shape index (κ2) is 7.36. The molecule has 27 heavy (non-hydrogen) atoms. The van der Waals surface area contributed by atoms with E-state index in [2.05, 4.69) is 15.5 Å². The Kier molecular flexibility index (Phi) is 4.61. The van der Waals surface area contributed by atoms with E-state index in [0.29, 0.717) is 29.7 Å². The summed E-state index contributed by atoms with van der Waals surface area (Å²) in [4.78, 5) is 12.3. The van der Waals surface area contributed by atoms with Crippen molar-refractivity contribution in [2.45, 2.75) is 19.6 Å². The minimum absolute atomic E-state index is 0.214. The van der Waals surface area contributed by atoms with E-state index in [1.807, 2.05) is 18.2 Å². The van der Waals surface area contributed by atoms with Crippen molar-refractivity contribution in [1.82, 2.24) is 15.5 Å². The first kappa shape index (κ1) is 16.9. The van der Waals surface area contributed by atoms with E-state index in [9.17, 15) is 4.79 Å². The predicted molar refractivity (Wildman–Crippen MR) is 94.2 cm³/mol. The molecule has 0 radical (unpaired) electrons. The molecule has 1 aliphatic heterocycles. The van der Waals surface area contributed by atoms with Gasteiger partial charge in [-0.1, -0.05) is 6.07 Å². The highest BCUT2D eigenvalue weighted by atomic mass is 16.7. The van der Waals surface area contributed by atoms with Crippen molar-refractivity contribution in [3.63, 3.8) is 0 Å². The summed E-state index contributed by atoms with van der Waals surface area (Å²) in [6.45, 7) is 2.29. The van der Waals surface area contributed by atoms with Gasteiger partial charge in [-0.2, -0.15) is 0 Å². The molecule has 8 heteroatoms. The van der Waals surface area contributed by atoms with Crippen molar-refractivity contribution in [3.05, 3.63) is 54.4 Å². The van der Waals surface area contributed by atoms with Crippen LogP contribution in [0.1, 0.15) is 12.5 Å². The lowest BCUT2D eigenvalue weighted by Gasteiger charge is -2.15. The van der Waals surface area contributed by atoms with Crippen molar-refractivity contribution in [2.75, 3.05) is 6.79 Å². The van der Waals surface area contributed by atoms with Gasteiger partial charge in [0.2, 0.25) is 19.1 Å². The van der Waals surface area contributed by atoms with E-state index in [1.54, 1.807) is 31.2 Å². The highest BCUT2D eigenvalue weighted by molar-refractivity contribution is 5.80. The minimum atomic E-state index is -0.645. The number of benzene rings is 2. The van der Waals surface area contributed by atoms with Gasteiger partial charge in [0.25, 0.3) is 5.91 Å². The van der Waals surface area contributed by atoms with E-state index < -0.39 is 6.10 Å². The van der Waals surface area contributed by atoms with Gasteiger partial charge in [-0.15, -0.1) is 10.2 Å². The smallest absolute Gasteiger partial charge is 0.261 e. The van der Waals surface area contributed by atoms with E-state index in [4.69, 9.17) is 18.6 Å². The van der Waals surface area contributed by atoms with Crippen LogP contribution in [-0.4, -0.2) is 29.0 Å². The highest BCUT2D eigenvalue weighted by Gasteiger charge is 2.16. The number of hydrogen-bond donors (Lipinski definition) is 1. The number of carbonyl (C=O) groups is 1. The summed E-state index contributed by atoms with van der Waals surface area (Å²) < 4.78 is 21.4. The molecule has 3 aromatic rings. The molecule has 1 N–H and O–H groups in total. The molecule has 138 valence electrons. The first-order chi connectivity index (χ1) is 13.2. The summed E-state index contributed by atoms with van der Waals surface area (Å²) in [5.74, 6) is 2.19. The molecule has 4 rings (SSSR count). The molecule has 1 atom stereocenters. The van der Waals surface area contributed by atoms with Crippen LogP contribution in [0.2, 0.25) is 0 Å². The fourth-order valence-corrected chi connectivity index (χ4v) is 2.62. The van der Waals surface area contributed by atoms with Crippen molar-refractivity contribution in [2.24, 2.45) is 0 Å². The van der Waals surface area contributed by atoms with Crippen LogP contribution >= 0.6 is 0 Å². The molecule has 8 nitrogen and oxygen atoms in total. The van der Waals surface area contributed by atoms with Crippen molar-refractivity contribution in [1.29, 1.82) is 0 Å². The van der Waals surface area contributed by atoms with Gasteiger partial charge in [0.05, 0.1) is 0 Å². The minimum Gasteiger partial charge on any atom is -0.481 e. The maximum Gasteiger partial charge on any atom is 0.261 e. The zero-order valence-corrected chi connectivity index (χ0v) is 14.5. The van der Waals surface area contributed by atoms with Crippen molar-refractivity contribution < 1.29 is 23.4 Å². The predicted octanol–water partition coefficient (Wildman–Crippen LogP) is 2.55. The molecule has 0 spiro atoms. The molecule has 1 aromatic heterocycles. The number of nitrogens with zero attached hydrogens (tertiary/aromatic N) is 2. The van der Waals surface area contributed by atoms with Gasteiger partial charge >= 0.3 is 0 Å². The Morgan fingerprint density at radius 2 is 2.00 bits per heavy atom. The molecule has 0 bridgehead atoms. The van der Waals surface area contributed by atoms with Gasteiger partial charge in [-0.3, -0.25) is 4.79 Å². The number of rotatable bonds is 6. The standard InChI is InChI=1S/C19H17N3O5/c1-12(27-15-5-3-14(4-6-15)19-22-21-10-24-19)18(23)20-9-13-2-7-16-17(8-13)26-11-25-16/h2-8,10,12H,9,11H2,1H3,(H,20,23)/t12-/m0/s1.